The fourth-order valence-electron chi connectivity index (χ4n) is 4.82. The Morgan fingerprint density at radius 2 is 1.84 bits per heavy atom. The molecule has 0 spiro atoms. The summed E-state index contributed by atoms with van der Waals surface area (Å²) in [4.78, 5) is 8.95. The number of ether oxygens (including phenoxy) is 2. The first-order valence-corrected chi connectivity index (χ1v) is 15.3. The maximum atomic E-state index is 14.5. The summed E-state index contributed by atoms with van der Waals surface area (Å²) < 4.78 is 54.0. The van der Waals surface area contributed by atoms with Crippen molar-refractivity contribution in [3.63, 3.8) is 0 Å². The third-order valence-corrected chi connectivity index (χ3v) is 8.90. The van der Waals surface area contributed by atoms with Crippen LogP contribution in [0, 0.1) is 13.8 Å². The standard InChI is InChI=1S/C31H35N5O6S/c1-21(2)29-32-12-14-35(29)19-25-18-24(30-33-13-15-41-30)10-11-26(25)27-8-6-7-9-28(27)43(37,38)36(20-40-17-16-39-5)31-22(3)23(4)34-42-31/h6-15,18,21H,16-17,19-20H2,1-5H3. The smallest absolute Gasteiger partial charge is 0.269 e. The molecule has 2 aromatic carbocycles. The molecule has 0 bridgehead atoms. The summed E-state index contributed by atoms with van der Waals surface area (Å²) in [7, 11) is -2.65. The Bertz CT molecular complexity index is 1780. The fraction of sp³-hybridized carbons (Fsp3) is 0.323. The largest absolute Gasteiger partial charge is 0.445 e. The van der Waals surface area contributed by atoms with Crippen molar-refractivity contribution in [3.05, 3.63) is 90.0 Å². The van der Waals surface area contributed by atoms with E-state index in [9.17, 15) is 8.42 Å². The number of nitrogens with zero attached hydrogens (tertiary/aromatic N) is 5. The number of sulfonamides is 1. The van der Waals surface area contributed by atoms with Crippen molar-refractivity contribution >= 4 is 15.9 Å². The lowest BCUT2D eigenvalue weighted by Gasteiger charge is -2.24. The van der Waals surface area contributed by atoms with E-state index in [1.165, 1.54) is 6.26 Å². The molecule has 226 valence electrons. The van der Waals surface area contributed by atoms with E-state index in [1.54, 1.807) is 51.6 Å². The molecule has 0 N–H and O–H groups in total. The molecule has 5 rings (SSSR count). The number of hydrogen-bond donors (Lipinski definition) is 0. The average molecular weight is 606 g/mol. The van der Waals surface area contributed by atoms with Gasteiger partial charge in [0.15, 0.2) is 0 Å². The Kier molecular flexibility index (Phi) is 9.09. The molecule has 3 aromatic heterocycles. The van der Waals surface area contributed by atoms with Crippen LogP contribution in [0.25, 0.3) is 22.6 Å². The minimum Gasteiger partial charge on any atom is -0.445 e. The van der Waals surface area contributed by atoms with Gasteiger partial charge in [0.1, 0.15) is 18.8 Å². The molecule has 0 radical (unpaired) electrons. The Morgan fingerprint density at radius 1 is 1.02 bits per heavy atom. The zero-order chi connectivity index (χ0) is 30.6. The van der Waals surface area contributed by atoms with Crippen molar-refractivity contribution in [1.82, 2.24) is 19.7 Å². The molecule has 0 fully saturated rings. The molecule has 0 aliphatic rings. The number of imidazole rings is 1. The highest BCUT2D eigenvalue weighted by molar-refractivity contribution is 7.93. The van der Waals surface area contributed by atoms with Crippen molar-refractivity contribution in [2.45, 2.75) is 45.1 Å². The van der Waals surface area contributed by atoms with Gasteiger partial charge in [-0.1, -0.05) is 43.3 Å². The van der Waals surface area contributed by atoms with Gasteiger partial charge in [0.25, 0.3) is 10.0 Å². The van der Waals surface area contributed by atoms with Gasteiger partial charge in [-0.3, -0.25) is 0 Å². The SMILES string of the molecule is COCCOCN(c1onc(C)c1C)S(=O)(=O)c1ccccc1-c1ccc(-c2ncco2)cc1Cn1ccnc1C(C)C. The number of rotatable bonds is 13. The second-order valence-corrected chi connectivity index (χ2v) is 12.2. The number of aromatic nitrogens is 4. The number of hydrogen-bond acceptors (Lipinski definition) is 9. The van der Waals surface area contributed by atoms with E-state index in [0.717, 1.165) is 26.8 Å². The van der Waals surface area contributed by atoms with Crippen LogP contribution in [0.15, 0.2) is 81.2 Å². The molecular formula is C31H35N5O6S. The molecule has 5 aromatic rings. The quantitative estimate of drug-likeness (QED) is 0.121. The van der Waals surface area contributed by atoms with Crippen molar-refractivity contribution in [1.29, 1.82) is 0 Å². The predicted molar refractivity (Wildman–Crippen MR) is 161 cm³/mol. The number of benzene rings is 2. The van der Waals surface area contributed by atoms with E-state index in [-0.39, 0.29) is 30.0 Å². The van der Waals surface area contributed by atoms with Gasteiger partial charge in [-0.05, 0) is 43.2 Å². The van der Waals surface area contributed by atoms with E-state index in [2.05, 4.69) is 33.5 Å². The first-order chi connectivity index (χ1) is 20.7. The Labute approximate surface area is 251 Å². The molecule has 11 nitrogen and oxygen atoms in total. The summed E-state index contributed by atoms with van der Waals surface area (Å²) in [5, 5.41) is 4.00. The molecule has 0 saturated carbocycles. The van der Waals surface area contributed by atoms with E-state index < -0.39 is 10.0 Å². The summed E-state index contributed by atoms with van der Waals surface area (Å²) in [5.74, 6) is 1.69. The summed E-state index contributed by atoms with van der Waals surface area (Å²) in [6, 6.07) is 12.7. The number of aryl methyl sites for hydroxylation is 1. The second-order valence-electron chi connectivity index (χ2n) is 10.4. The highest BCUT2D eigenvalue weighted by atomic mass is 32.2. The molecule has 0 atom stereocenters. The third kappa shape index (κ3) is 6.26. The lowest BCUT2D eigenvalue weighted by atomic mass is 9.97. The Hall–Kier alpha value is -4.26. The molecule has 0 amide bonds. The van der Waals surface area contributed by atoms with Crippen LogP contribution in [0.2, 0.25) is 0 Å². The number of oxazole rings is 1. The van der Waals surface area contributed by atoms with E-state index in [4.69, 9.17) is 18.4 Å². The van der Waals surface area contributed by atoms with Crippen LogP contribution in [0.1, 0.15) is 42.4 Å². The lowest BCUT2D eigenvalue weighted by Crippen LogP contribution is -2.34. The monoisotopic (exact) mass is 605 g/mol. The van der Waals surface area contributed by atoms with Crippen LogP contribution in [-0.2, 0) is 26.0 Å². The van der Waals surface area contributed by atoms with Gasteiger partial charge in [0.05, 0.1) is 30.0 Å². The maximum absolute atomic E-state index is 14.5. The minimum atomic E-state index is -4.20. The van der Waals surface area contributed by atoms with E-state index >= 15 is 0 Å². The second kappa shape index (κ2) is 12.9. The predicted octanol–water partition coefficient (Wildman–Crippen LogP) is 5.80. The average Bonchev–Trinajstić information content (AvgIpc) is 3.76. The summed E-state index contributed by atoms with van der Waals surface area (Å²) in [6.07, 6.45) is 6.81. The van der Waals surface area contributed by atoms with Crippen LogP contribution >= 0.6 is 0 Å². The summed E-state index contributed by atoms with van der Waals surface area (Å²) >= 11 is 0. The van der Waals surface area contributed by atoms with Gasteiger partial charge < -0.3 is 23.0 Å². The van der Waals surface area contributed by atoms with Gasteiger partial charge in [0.2, 0.25) is 11.8 Å². The maximum Gasteiger partial charge on any atom is 0.269 e. The van der Waals surface area contributed by atoms with E-state index in [1.807, 2.05) is 30.5 Å². The number of methoxy groups -OCH3 is 1. The van der Waals surface area contributed by atoms with Gasteiger partial charge in [-0.2, -0.15) is 0 Å². The molecule has 0 aliphatic heterocycles. The highest BCUT2D eigenvalue weighted by Gasteiger charge is 2.33. The molecule has 0 saturated heterocycles. The zero-order valence-corrected chi connectivity index (χ0v) is 25.7. The summed E-state index contributed by atoms with van der Waals surface area (Å²) in [6.45, 7) is 8.38. The summed E-state index contributed by atoms with van der Waals surface area (Å²) in [5.41, 5.74) is 4.10. The van der Waals surface area contributed by atoms with Crippen LogP contribution < -0.4 is 4.31 Å². The van der Waals surface area contributed by atoms with Crippen LogP contribution in [0.5, 0.6) is 0 Å². The van der Waals surface area contributed by atoms with Gasteiger partial charge in [-0.15, -0.1) is 0 Å². The Morgan fingerprint density at radius 3 is 2.53 bits per heavy atom. The van der Waals surface area contributed by atoms with Gasteiger partial charge in [-0.25, -0.2) is 22.7 Å². The molecule has 43 heavy (non-hydrogen) atoms. The molecule has 0 unspecified atom stereocenters. The minimum absolute atomic E-state index is 0.0960. The van der Waals surface area contributed by atoms with Crippen LogP contribution in [0.4, 0.5) is 5.88 Å². The first kappa shape index (κ1) is 30.2. The van der Waals surface area contributed by atoms with Crippen molar-refractivity contribution in [3.8, 4) is 22.6 Å². The Balaban J connectivity index is 1.64. The zero-order valence-electron chi connectivity index (χ0n) is 24.9. The third-order valence-electron chi connectivity index (χ3n) is 7.13. The fourth-order valence-corrected chi connectivity index (χ4v) is 6.37. The van der Waals surface area contributed by atoms with Crippen LogP contribution in [-0.4, -0.2) is 55.2 Å². The topological polar surface area (TPSA) is 126 Å². The highest BCUT2D eigenvalue weighted by Crippen LogP contribution is 2.37. The van der Waals surface area contributed by atoms with Crippen molar-refractivity contribution in [2.75, 3.05) is 31.4 Å². The molecular weight excluding hydrogens is 570 g/mol. The van der Waals surface area contributed by atoms with E-state index in [0.29, 0.717) is 35.9 Å². The van der Waals surface area contributed by atoms with Gasteiger partial charge >= 0.3 is 0 Å². The van der Waals surface area contributed by atoms with Crippen molar-refractivity contribution < 1.29 is 26.8 Å². The molecule has 3 heterocycles. The number of anilines is 1. The molecule has 12 heteroatoms. The van der Waals surface area contributed by atoms with Crippen molar-refractivity contribution in [2.24, 2.45) is 0 Å². The normalized spacial score (nSPS) is 11.9. The first-order valence-electron chi connectivity index (χ1n) is 13.9. The molecule has 0 aliphatic carbocycles. The van der Waals surface area contributed by atoms with Crippen LogP contribution in [0.3, 0.4) is 0 Å². The lowest BCUT2D eigenvalue weighted by molar-refractivity contribution is 0.0744. The van der Waals surface area contributed by atoms with Gasteiger partial charge in [0, 0.05) is 48.7 Å².